The summed E-state index contributed by atoms with van der Waals surface area (Å²) in [6.45, 7) is 1.28. The summed E-state index contributed by atoms with van der Waals surface area (Å²) in [6, 6.07) is 1.98. The van der Waals surface area contributed by atoms with Crippen LogP contribution in [0.2, 0.25) is 0 Å². The number of hydrogen-bond acceptors (Lipinski definition) is 5. The molecule has 1 saturated carbocycles. The number of aromatic amines is 1. The molecule has 24 heavy (non-hydrogen) atoms. The Morgan fingerprint density at radius 3 is 2.58 bits per heavy atom. The Bertz CT molecular complexity index is 604. The lowest BCUT2D eigenvalue weighted by molar-refractivity contribution is 0.0915. The molecule has 0 radical (unpaired) electrons. The molecular formula is C17H27FN6. The van der Waals surface area contributed by atoms with E-state index in [0.29, 0.717) is 19.0 Å². The van der Waals surface area contributed by atoms with Crippen molar-refractivity contribution in [2.45, 2.75) is 38.3 Å². The van der Waals surface area contributed by atoms with E-state index < -0.39 is 6.17 Å². The van der Waals surface area contributed by atoms with E-state index in [-0.39, 0.29) is 0 Å². The monoisotopic (exact) mass is 334 g/mol. The Morgan fingerprint density at radius 2 is 2.00 bits per heavy atom. The summed E-state index contributed by atoms with van der Waals surface area (Å²) in [6.07, 6.45) is 9.13. The van der Waals surface area contributed by atoms with E-state index in [4.69, 9.17) is 11.6 Å². The molecule has 0 unspecified atom stereocenters. The van der Waals surface area contributed by atoms with Crippen molar-refractivity contribution >= 4 is 17.9 Å². The van der Waals surface area contributed by atoms with Crippen LogP contribution in [0.3, 0.4) is 0 Å². The Hall–Kier alpha value is -1.86. The van der Waals surface area contributed by atoms with Gasteiger partial charge in [-0.1, -0.05) is 19.3 Å². The van der Waals surface area contributed by atoms with Crippen LogP contribution >= 0.6 is 0 Å². The highest BCUT2D eigenvalue weighted by Crippen LogP contribution is 2.36. The highest BCUT2D eigenvalue weighted by Gasteiger charge is 2.25. The number of fused-ring (bicyclic) bond motifs is 1. The summed E-state index contributed by atoms with van der Waals surface area (Å²) in [5.41, 5.74) is 9.19. The normalized spacial score (nSPS) is 24.0. The molecule has 7 heteroatoms. The molecule has 0 amide bonds. The number of allylic oxidation sites excluding steroid dienone is 1. The number of nitrogens with two attached hydrogens (primary N) is 2. The van der Waals surface area contributed by atoms with Crippen molar-refractivity contribution in [2.24, 2.45) is 22.5 Å². The Kier molecular flexibility index (Phi) is 5.20. The molecule has 4 rings (SSSR count). The molecule has 0 bridgehead atoms. The molecule has 6 nitrogen and oxygen atoms in total. The van der Waals surface area contributed by atoms with Crippen LogP contribution in [0.5, 0.6) is 0 Å². The van der Waals surface area contributed by atoms with Gasteiger partial charge in [-0.25, -0.2) is 15.2 Å². The van der Waals surface area contributed by atoms with Crippen molar-refractivity contribution in [1.82, 2.24) is 14.9 Å². The van der Waals surface area contributed by atoms with Gasteiger partial charge in [0, 0.05) is 36.5 Å². The zero-order valence-electron chi connectivity index (χ0n) is 14.2. The molecule has 1 aromatic heterocycles. The topological polar surface area (TPSA) is 86.7 Å². The van der Waals surface area contributed by atoms with Gasteiger partial charge < -0.3 is 15.6 Å². The van der Waals surface area contributed by atoms with Crippen molar-refractivity contribution in [2.75, 3.05) is 20.1 Å². The molecule has 1 aliphatic carbocycles. The van der Waals surface area contributed by atoms with Crippen LogP contribution in [0.15, 0.2) is 23.0 Å². The van der Waals surface area contributed by atoms with Gasteiger partial charge in [-0.3, -0.25) is 5.01 Å². The van der Waals surface area contributed by atoms with Gasteiger partial charge in [-0.05, 0) is 26.0 Å². The number of aromatic nitrogens is 1. The third-order valence-electron chi connectivity index (χ3n) is 4.89. The molecule has 2 fully saturated rings. The summed E-state index contributed by atoms with van der Waals surface area (Å²) >= 11 is 0. The molecule has 2 aliphatic heterocycles. The standard InChI is InChI=1S/C13H19N5.C4H8FN/c14-11(9-4-2-1-3-5-9)12-10-6-7-16-13(10)17-8-18(12)15;1-6-2-4(5)3-6/h6-9,16H,1-5,14-15H2;4H,2-3H2,1H3/b12-11-;. The molecule has 0 atom stereocenters. The van der Waals surface area contributed by atoms with Crippen molar-refractivity contribution < 1.29 is 4.39 Å². The minimum atomic E-state index is -0.532. The second-order valence-corrected chi connectivity index (χ2v) is 6.85. The van der Waals surface area contributed by atoms with Crippen LogP contribution < -0.4 is 11.6 Å². The SMILES string of the molecule is CN1CC(F)C1.N/C(=C1/c2cc[nH]c2N=CN1N)C1CCCCC1. The van der Waals surface area contributed by atoms with Crippen LogP contribution in [-0.2, 0) is 0 Å². The number of hydrogen-bond donors (Lipinski definition) is 3. The summed E-state index contributed by atoms with van der Waals surface area (Å²) < 4.78 is 11.7. The smallest absolute Gasteiger partial charge is 0.141 e. The second kappa shape index (κ2) is 7.36. The first-order valence-corrected chi connectivity index (χ1v) is 8.64. The average molecular weight is 334 g/mol. The Balaban J connectivity index is 0.000000238. The first-order chi connectivity index (χ1) is 11.6. The maximum absolute atomic E-state index is 11.7. The van der Waals surface area contributed by atoms with E-state index in [0.717, 1.165) is 22.8 Å². The molecule has 132 valence electrons. The van der Waals surface area contributed by atoms with Crippen LogP contribution in [-0.4, -0.2) is 47.5 Å². The molecule has 1 aromatic rings. The predicted octanol–water partition coefficient (Wildman–Crippen LogP) is 2.34. The average Bonchev–Trinajstić information content (AvgIpc) is 3.03. The number of hydrazine groups is 1. The molecule has 1 saturated heterocycles. The molecular weight excluding hydrogens is 307 g/mol. The maximum Gasteiger partial charge on any atom is 0.141 e. The van der Waals surface area contributed by atoms with E-state index in [9.17, 15) is 4.39 Å². The number of likely N-dealkylation sites (tertiary alicyclic amines) is 1. The van der Waals surface area contributed by atoms with Crippen LogP contribution in [0.4, 0.5) is 10.2 Å². The predicted molar refractivity (Wildman–Crippen MR) is 95.0 cm³/mol. The molecule has 5 N–H and O–H groups in total. The minimum absolute atomic E-state index is 0.453. The van der Waals surface area contributed by atoms with Gasteiger partial charge in [0.25, 0.3) is 0 Å². The van der Waals surface area contributed by atoms with Crippen molar-refractivity contribution in [3.8, 4) is 0 Å². The van der Waals surface area contributed by atoms with Crippen molar-refractivity contribution in [3.63, 3.8) is 0 Å². The largest absolute Gasteiger partial charge is 0.400 e. The summed E-state index contributed by atoms with van der Waals surface area (Å²) in [7, 11) is 1.91. The quantitative estimate of drug-likeness (QED) is 0.688. The lowest BCUT2D eigenvalue weighted by Gasteiger charge is -2.29. The summed E-state index contributed by atoms with van der Waals surface area (Å²) in [5, 5.41) is 1.54. The number of alkyl halides is 1. The molecule has 0 aromatic carbocycles. The summed E-state index contributed by atoms with van der Waals surface area (Å²) in [5.74, 6) is 7.28. The minimum Gasteiger partial charge on any atom is -0.400 e. The number of rotatable bonds is 1. The first kappa shape index (κ1) is 17.0. The van der Waals surface area contributed by atoms with Crippen LogP contribution in [0.1, 0.15) is 37.7 Å². The third kappa shape index (κ3) is 3.62. The van der Waals surface area contributed by atoms with Gasteiger partial charge in [-0.2, -0.15) is 0 Å². The lowest BCUT2D eigenvalue weighted by atomic mass is 9.85. The molecule has 3 heterocycles. The van der Waals surface area contributed by atoms with Crippen molar-refractivity contribution in [1.29, 1.82) is 0 Å². The Labute approximate surface area is 142 Å². The number of halogens is 1. The van der Waals surface area contributed by atoms with Gasteiger partial charge in [0.2, 0.25) is 0 Å². The second-order valence-electron chi connectivity index (χ2n) is 6.85. The number of H-pyrrole nitrogens is 1. The van der Waals surface area contributed by atoms with E-state index >= 15 is 0 Å². The third-order valence-corrected chi connectivity index (χ3v) is 4.89. The summed E-state index contributed by atoms with van der Waals surface area (Å²) in [4.78, 5) is 9.29. The number of aliphatic imine (C=N–C) groups is 1. The zero-order chi connectivity index (χ0) is 17.1. The highest BCUT2D eigenvalue weighted by atomic mass is 19.1. The van der Waals surface area contributed by atoms with Crippen molar-refractivity contribution in [3.05, 3.63) is 23.5 Å². The fourth-order valence-corrected chi connectivity index (χ4v) is 3.51. The fraction of sp³-hybridized carbons (Fsp3) is 0.588. The van der Waals surface area contributed by atoms with Gasteiger partial charge >= 0.3 is 0 Å². The van der Waals surface area contributed by atoms with E-state index in [1.54, 1.807) is 11.3 Å². The van der Waals surface area contributed by atoms with Gasteiger partial charge in [-0.15, -0.1) is 0 Å². The fourth-order valence-electron chi connectivity index (χ4n) is 3.51. The zero-order valence-corrected chi connectivity index (χ0v) is 14.2. The first-order valence-electron chi connectivity index (χ1n) is 8.64. The van der Waals surface area contributed by atoms with Gasteiger partial charge in [0.05, 0.1) is 5.70 Å². The molecule has 3 aliphatic rings. The van der Waals surface area contributed by atoms with Gasteiger partial charge in [0.1, 0.15) is 18.3 Å². The highest BCUT2D eigenvalue weighted by molar-refractivity contribution is 5.86. The number of nitrogens with one attached hydrogen (secondary N) is 1. The lowest BCUT2D eigenvalue weighted by Crippen LogP contribution is -2.45. The van der Waals surface area contributed by atoms with E-state index in [1.165, 1.54) is 32.1 Å². The number of nitrogens with zero attached hydrogens (tertiary/aromatic N) is 3. The van der Waals surface area contributed by atoms with E-state index in [1.807, 2.05) is 24.2 Å². The maximum atomic E-state index is 11.7. The Morgan fingerprint density at radius 1 is 1.29 bits per heavy atom. The van der Waals surface area contributed by atoms with E-state index in [2.05, 4.69) is 9.98 Å². The molecule has 0 spiro atoms. The van der Waals surface area contributed by atoms with Crippen LogP contribution in [0, 0.1) is 5.92 Å². The van der Waals surface area contributed by atoms with Crippen LogP contribution in [0.25, 0.3) is 5.70 Å². The van der Waals surface area contributed by atoms with Gasteiger partial charge in [0.15, 0.2) is 0 Å².